The number of nitro groups is 1. The van der Waals surface area contributed by atoms with Crippen LogP contribution in [0.1, 0.15) is 17.0 Å². The van der Waals surface area contributed by atoms with Crippen molar-refractivity contribution in [2.75, 3.05) is 7.11 Å². The largest absolute Gasteiger partial charge is 0.497 e. The number of benzene rings is 2. The molecule has 2 heterocycles. The Hall–Kier alpha value is -3.85. The maximum absolute atomic E-state index is 12.5. The van der Waals surface area contributed by atoms with Crippen molar-refractivity contribution >= 4 is 40.3 Å². The first-order valence-electron chi connectivity index (χ1n) is 9.73. The van der Waals surface area contributed by atoms with E-state index in [0.717, 1.165) is 28.4 Å². The van der Waals surface area contributed by atoms with Gasteiger partial charge in [0.25, 0.3) is 11.6 Å². The quantitative estimate of drug-likeness (QED) is 0.340. The van der Waals surface area contributed by atoms with Crippen LogP contribution in [0.3, 0.4) is 0 Å². The number of ether oxygens (including phenoxy) is 1. The molecule has 1 N–H and O–H groups in total. The molecule has 32 heavy (non-hydrogen) atoms. The lowest BCUT2D eigenvalue weighted by Gasteiger charge is -2.09. The van der Waals surface area contributed by atoms with E-state index >= 15 is 0 Å². The van der Waals surface area contributed by atoms with E-state index in [1.54, 1.807) is 19.2 Å². The van der Waals surface area contributed by atoms with E-state index in [9.17, 15) is 14.9 Å². The fourth-order valence-electron chi connectivity index (χ4n) is 3.45. The fraction of sp³-hybridized carbons (Fsp3) is 0.130. The van der Waals surface area contributed by atoms with Gasteiger partial charge in [0.15, 0.2) is 5.17 Å². The number of carbonyl (C=O) groups excluding carboxylic acids is 1. The van der Waals surface area contributed by atoms with Gasteiger partial charge in [-0.05, 0) is 79.7 Å². The van der Waals surface area contributed by atoms with Gasteiger partial charge < -0.3 is 14.6 Å². The number of aromatic nitrogens is 1. The smallest absolute Gasteiger partial charge is 0.269 e. The van der Waals surface area contributed by atoms with Crippen molar-refractivity contribution in [2.24, 2.45) is 4.99 Å². The molecule has 3 aromatic rings. The number of nitro benzene ring substituents is 1. The van der Waals surface area contributed by atoms with E-state index in [1.807, 2.05) is 54.8 Å². The highest BCUT2D eigenvalue weighted by atomic mass is 32.2. The molecule has 9 heteroatoms. The third kappa shape index (κ3) is 4.28. The van der Waals surface area contributed by atoms with E-state index < -0.39 is 4.92 Å². The van der Waals surface area contributed by atoms with Crippen LogP contribution in [0.15, 0.2) is 64.5 Å². The standard InChI is InChI=1S/C23H20N4O4S/c1-14-12-16(15(2)26(14)18-6-8-19(9-7-18)27(29)30)13-21-22(28)25-23(32-21)24-17-4-10-20(31-3)11-5-17/h4-13H,1-3H3,(H,24,25,28)/b21-13-. The van der Waals surface area contributed by atoms with Crippen molar-refractivity contribution in [3.63, 3.8) is 0 Å². The Bertz CT molecular complexity index is 1260. The summed E-state index contributed by atoms with van der Waals surface area (Å²) in [6.07, 6.45) is 1.83. The normalized spacial score (nSPS) is 15.9. The number of rotatable bonds is 5. The topological polar surface area (TPSA) is 98.8 Å². The molecule has 0 radical (unpaired) electrons. The first kappa shape index (κ1) is 21.4. The first-order chi connectivity index (χ1) is 15.4. The van der Waals surface area contributed by atoms with Crippen LogP contribution in [0, 0.1) is 24.0 Å². The number of thioether (sulfide) groups is 1. The molecule has 1 aliphatic rings. The van der Waals surface area contributed by atoms with Crippen LogP contribution in [-0.4, -0.2) is 27.7 Å². The SMILES string of the molecule is COc1ccc(N=C2NC(=O)/C(=C/c3cc(C)n(-c4ccc([N+](=O)[O-])cc4)c3C)S2)cc1. The van der Waals surface area contributed by atoms with Crippen molar-refractivity contribution in [3.05, 3.63) is 86.6 Å². The number of nitrogens with zero attached hydrogens (tertiary/aromatic N) is 3. The monoisotopic (exact) mass is 448 g/mol. The molecule has 0 saturated carbocycles. The van der Waals surface area contributed by atoms with Crippen molar-refractivity contribution < 1.29 is 14.5 Å². The van der Waals surface area contributed by atoms with Gasteiger partial charge in [-0.3, -0.25) is 14.9 Å². The van der Waals surface area contributed by atoms with Gasteiger partial charge >= 0.3 is 0 Å². The summed E-state index contributed by atoms with van der Waals surface area (Å²) in [5.74, 6) is 0.531. The predicted octanol–water partition coefficient (Wildman–Crippen LogP) is 4.90. The van der Waals surface area contributed by atoms with Crippen molar-refractivity contribution in [1.29, 1.82) is 0 Å². The summed E-state index contributed by atoms with van der Waals surface area (Å²) in [5, 5.41) is 14.2. The van der Waals surface area contributed by atoms with Gasteiger partial charge in [-0.15, -0.1) is 0 Å². The van der Waals surface area contributed by atoms with E-state index in [4.69, 9.17) is 4.74 Å². The Morgan fingerprint density at radius 1 is 1.12 bits per heavy atom. The summed E-state index contributed by atoms with van der Waals surface area (Å²) in [7, 11) is 1.60. The highest BCUT2D eigenvalue weighted by molar-refractivity contribution is 8.18. The molecule has 2 aromatic carbocycles. The van der Waals surface area contributed by atoms with E-state index in [0.29, 0.717) is 15.8 Å². The second kappa shape index (κ2) is 8.72. The van der Waals surface area contributed by atoms with Gasteiger partial charge in [-0.1, -0.05) is 0 Å². The highest BCUT2D eigenvalue weighted by Crippen LogP contribution is 2.31. The average Bonchev–Trinajstić information content (AvgIpc) is 3.26. The average molecular weight is 449 g/mol. The number of non-ortho nitro benzene ring substituents is 1. The second-order valence-corrected chi connectivity index (χ2v) is 8.15. The molecular weight excluding hydrogens is 428 g/mol. The molecule has 1 saturated heterocycles. The first-order valence-corrected chi connectivity index (χ1v) is 10.5. The molecule has 162 valence electrons. The predicted molar refractivity (Wildman–Crippen MR) is 126 cm³/mol. The Balaban J connectivity index is 1.60. The zero-order valence-electron chi connectivity index (χ0n) is 17.7. The fourth-order valence-corrected chi connectivity index (χ4v) is 4.28. The lowest BCUT2D eigenvalue weighted by atomic mass is 10.2. The van der Waals surface area contributed by atoms with Gasteiger partial charge in [0, 0.05) is 29.2 Å². The van der Waals surface area contributed by atoms with Crippen LogP contribution >= 0.6 is 11.8 Å². The summed E-state index contributed by atoms with van der Waals surface area (Å²) in [6, 6.07) is 15.6. The Kier molecular flexibility index (Phi) is 5.83. The molecule has 1 aromatic heterocycles. The summed E-state index contributed by atoms with van der Waals surface area (Å²) in [5.41, 5.74) is 4.36. The molecule has 0 bridgehead atoms. The zero-order chi connectivity index (χ0) is 22.8. The number of carbonyl (C=O) groups is 1. The number of nitrogens with one attached hydrogen (secondary N) is 1. The van der Waals surface area contributed by atoms with Crippen LogP contribution in [0.25, 0.3) is 11.8 Å². The molecule has 0 unspecified atom stereocenters. The van der Waals surface area contributed by atoms with Gasteiger partial charge in [0.2, 0.25) is 0 Å². The lowest BCUT2D eigenvalue weighted by Crippen LogP contribution is -2.19. The van der Waals surface area contributed by atoms with Gasteiger partial charge in [0.1, 0.15) is 5.75 Å². The molecule has 1 fully saturated rings. The zero-order valence-corrected chi connectivity index (χ0v) is 18.5. The van der Waals surface area contributed by atoms with Gasteiger partial charge in [-0.25, -0.2) is 4.99 Å². The van der Waals surface area contributed by atoms with Crippen molar-refractivity contribution in [3.8, 4) is 11.4 Å². The Labute approximate surface area is 188 Å². The number of amides is 1. The Morgan fingerprint density at radius 2 is 1.81 bits per heavy atom. The minimum Gasteiger partial charge on any atom is -0.497 e. The van der Waals surface area contributed by atoms with Crippen LogP contribution in [0.2, 0.25) is 0 Å². The molecule has 1 aliphatic heterocycles. The van der Waals surface area contributed by atoms with Crippen molar-refractivity contribution in [1.82, 2.24) is 9.88 Å². The van der Waals surface area contributed by atoms with E-state index in [2.05, 4.69) is 10.3 Å². The minimum absolute atomic E-state index is 0.0428. The number of aliphatic imine (C=N–C) groups is 1. The van der Waals surface area contributed by atoms with E-state index in [-0.39, 0.29) is 11.6 Å². The summed E-state index contributed by atoms with van der Waals surface area (Å²) in [4.78, 5) is 28.0. The highest BCUT2D eigenvalue weighted by Gasteiger charge is 2.24. The summed E-state index contributed by atoms with van der Waals surface area (Å²) >= 11 is 1.28. The summed E-state index contributed by atoms with van der Waals surface area (Å²) < 4.78 is 7.15. The molecule has 1 amide bonds. The number of aryl methyl sites for hydroxylation is 1. The number of hydrogen-bond acceptors (Lipinski definition) is 6. The minimum atomic E-state index is -0.421. The number of methoxy groups -OCH3 is 1. The number of hydrogen-bond donors (Lipinski definition) is 1. The molecule has 0 atom stereocenters. The third-order valence-electron chi connectivity index (χ3n) is 5.03. The molecular formula is C23H20N4O4S. The molecule has 0 aliphatic carbocycles. The molecule has 8 nitrogen and oxygen atoms in total. The van der Waals surface area contributed by atoms with Crippen LogP contribution in [-0.2, 0) is 4.79 Å². The molecule has 0 spiro atoms. The van der Waals surface area contributed by atoms with Gasteiger partial charge in [-0.2, -0.15) is 0 Å². The lowest BCUT2D eigenvalue weighted by molar-refractivity contribution is -0.384. The van der Waals surface area contributed by atoms with E-state index in [1.165, 1.54) is 23.9 Å². The third-order valence-corrected chi connectivity index (χ3v) is 5.94. The Morgan fingerprint density at radius 3 is 2.44 bits per heavy atom. The number of amidine groups is 1. The van der Waals surface area contributed by atoms with Crippen LogP contribution in [0.5, 0.6) is 5.75 Å². The van der Waals surface area contributed by atoms with Crippen LogP contribution < -0.4 is 10.1 Å². The van der Waals surface area contributed by atoms with Crippen molar-refractivity contribution in [2.45, 2.75) is 13.8 Å². The van der Waals surface area contributed by atoms with Gasteiger partial charge in [0.05, 0.1) is 22.6 Å². The van der Waals surface area contributed by atoms with Crippen LogP contribution in [0.4, 0.5) is 11.4 Å². The second-order valence-electron chi connectivity index (χ2n) is 7.12. The summed E-state index contributed by atoms with van der Waals surface area (Å²) in [6.45, 7) is 3.90. The maximum atomic E-state index is 12.5. The molecule has 4 rings (SSSR count). The maximum Gasteiger partial charge on any atom is 0.269 e.